The van der Waals surface area contributed by atoms with E-state index in [-0.39, 0.29) is 24.1 Å². The average molecular weight is 424 g/mol. The average Bonchev–Trinajstić information content (AvgIpc) is 2.76. The lowest BCUT2D eigenvalue weighted by atomic mass is 10.1. The number of H-pyrrole nitrogens is 1. The third-order valence-corrected chi connectivity index (χ3v) is 5.30. The van der Waals surface area contributed by atoms with Crippen LogP contribution in [0.1, 0.15) is 35.3 Å². The summed E-state index contributed by atoms with van der Waals surface area (Å²) < 4.78 is 16.1. The molecular weight excluding hydrogens is 396 g/mol. The van der Waals surface area contributed by atoms with Crippen molar-refractivity contribution in [3.63, 3.8) is 0 Å². The molecule has 0 aliphatic heterocycles. The van der Waals surface area contributed by atoms with E-state index in [0.717, 1.165) is 16.5 Å². The van der Waals surface area contributed by atoms with Gasteiger partial charge in [-0.25, -0.2) is 0 Å². The fourth-order valence-corrected chi connectivity index (χ4v) is 3.59. The van der Waals surface area contributed by atoms with Crippen LogP contribution in [-0.4, -0.2) is 43.2 Å². The van der Waals surface area contributed by atoms with Crippen molar-refractivity contribution in [2.45, 2.75) is 33.4 Å². The Labute approximate surface area is 181 Å². The number of nitrogens with one attached hydrogen (secondary N) is 1. The molecule has 7 nitrogen and oxygen atoms in total. The maximum atomic E-state index is 13.4. The standard InChI is InChI=1S/C24H28N2O5/c1-14(2)26(13-18-10-16-9-7-8-15(3)21(16)25-23(18)27)24(28)17-11-19(29-4)22(31-6)20(12-17)30-5/h7-12,14H,13H2,1-6H3,(H,25,27). The number of pyridine rings is 1. The number of aryl methyl sites for hydroxylation is 1. The van der Waals surface area contributed by atoms with Gasteiger partial charge in [0.2, 0.25) is 5.75 Å². The number of aromatic amines is 1. The monoisotopic (exact) mass is 424 g/mol. The second kappa shape index (κ2) is 9.12. The van der Waals surface area contributed by atoms with Crippen LogP contribution in [-0.2, 0) is 6.54 Å². The lowest BCUT2D eigenvalue weighted by Gasteiger charge is -2.27. The molecule has 31 heavy (non-hydrogen) atoms. The quantitative estimate of drug-likeness (QED) is 0.622. The molecule has 0 saturated heterocycles. The predicted molar refractivity (Wildman–Crippen MR) is 120 cm³/mol. The Bertz CT molecular complexity index is 1140. The Kier molecular flexibility index (Phi) is 6.53. The number of fused-ring (bicyclic) bond motifs is 1. The van der Waals surface area contributed by atoms with Gasteiger partial charge in [0.25, 0.3) is 11.5 Å². The van der Waals surface area contributed by atoms with Crippen LogP contribution < -0.4 is 19.8 Å². The molecule has 0 radical (unpaired) electrons. The zero-order chi connectivity index (χ0) is 22.7. The molecule has 0 bridgehead atoms. The molecule has 0 atom stereocenters. The summed E-state index contributed by atoms with van der Waals surface area (Å²) in [5, 5.41) is 0.929. The number of benzene rings is 2. The Balaban J connectivity index is 2.02. The van der Waals surface area contributed by atoms with Crippen LogP contribution in [0.25, 0.3) is 10.9 Å². The number of amides is 1. The number of nitrogens with zero attached hydrogens (tertiary/aromatic N) is 1. The summed E-state index contributed by atoms with van der Waals surface area (Å²) in [5.74, 6) is 0.970. The van der Waals surface area contributed by atoms with Crippen LogP contribution in [0.5, 0.6) is 17.2 Å². The number of aromatic nitrogens is 1. The zero-order valence-corrected chi connectivity index (χ0v) is 18.7. The number of carbonyl (C=O) groups is 1. The van der Waals surface area contributed by atoms with Crippen molar-refractivity contribution in [1.82, 2.24) is 9.88 Å². The summed E-state index contributed by atoms with van der Waals surface area (Å²) in [4.78, 5) is 30.8. The van der Waals surface area contributed by atoms with Crippen LogP contribution in [0.2, 0.25) is 0 Å². The lowest BCUT2D eigenvalue weighted by Crippen LogP contribution is -2.38. The summed E-state index contributed by atoms with van der Waals surface area (Å²) >= 11 is 0. The Hall–Kier alpha value is -3.48. The molecule has 0 unspecified atom stereocenters. The van der Waals surface area contributed by atoms with E-state index in [1.165, 1.54) is 21.3 Å². The minimum Gasteiger partial charge on any atom is -0.493 e. The fraction of sp³-hybridized carbons (Fsp3) is 0.333. The highest BCUT2D eigenvalue weighted by molar-refractivity contribution is 5.96. The van der Waals surface area contributed by atoms with Gasteiger partial charge >= 0.3 is 0 Å². The van der Waals surface area contributed by atoms with Crippen molar-refractivity contribution >= 4 is 16.8 Å². The smallest absolute Gasteiger partial charge is 0.254 e. The van der Waals surface area contributed by atoms with Gasteiger partial charge < -0.3 is 24.1 Å². The van der Waals surface area contributed by atoms with Crippen LogP contribution in [0.4, 0.5) is 0 Å². The summed E-state index contributed by atoms with van der Waals surface area (Å²) in [6, 6.07) is 10.8. The van der Waals surface area contributed by atoms with Crippen molar-refractivity contribution < 1.29 is 19.0 Å². The van der Waals surface area contributed by atoms with E-state index in [1.807, 2.05) is 45.0 Å². The van der Waals surface area contributed by atoms with E-state index in [4.69, 9.17) is 14.2 Å². The SMILES string of the molecule is COc1cc(C(=O)N(Cc2cc3cccc(C)c3[nH]c2=O)C(C)C)cc(OC)c1OC. The number of hydrogen-bond donors (Lipinski definition) is 1. The van der Waals surface area contributed by atoms with E-state index in [1.54, 1.807) is 17.0 Å². The molecule has 0 spiro atoms. The van der Waals surface area contributed by atoms with Gasteiger partial charge in [-0.1, -0.05) is 18.2 Å². The fourth-order valence-electron chi connectivity index (χ4n) is 3.59. The largest absolute Gasteiger partial charge is 0.493 e. The van der Waals surface area contributed by atoms with E-state index < -0.39 is 0 Å². The number of methoxy groups -OCH3 is 3. The van der Waals surface area contributed by atoms with Crippen LogP contribution in [0.15, 0.2) is 41.2 Å². The first-order chi connectivity index (χ1) is 14.8. The van der Waals surface area contributed by atoms with Crippen molar-refractivity contribution in [1.29, 1.82) is 0 Å². The molecule has 1 aromatic heterocycles. The number of carbonyl (C=O) groups excluding carboxylic acids is 1. The zero-order valence-electron chi connectivity index (χ0n) is 18.7. The maximum Gasteiger partial charge on any atom is 0.254 e. The van der Waals surface area contributed by atoms with E-state index >= 15 is 0 Å². The van der Waals surface area contributed by atoms with Gasteiger partial charge in [0.15, 0.2) is 11.5 Å². The van der Waals surface area contributed by atoms with Gasteiger partial charge in [-0.2, -0.15) is 0 Å². The highest BCUT2D eigenvalue weighted by Gasteiger charge is 2.24. The third-order valence-electron chi connectivity index (χ3n) is 5.30. The summed E-state index contributed by atoms with van der Waals surface area (Å²) in [7, 11) is 4.51. The molecule has 164 valence electrons. The van der Waals surface area contributed by atoms with Crippen molar-refractivity contribution in [3.05, 3.63) is 63.4 Å². The van der Waals surface area contributed by atoms with E-state index in [0.29, 0.717) is 28.4 Å². The molecule has 0 aliphatic carbocycles. The van der Waals surface area contributed by atoms with Crippen molar-refractivity contribution in [2.75, 3.05) is 21.3 Å². The molecule has 7 heteroatoms. The topological polar surface area (TPSA) is 80.9 Å². The highest BCUT2D eigenvalue weighted by atomic mass is 16.5. The molecule has 2 aromatic carbocycles. The molecule has 1 amide bonds. The summed E-state index contributed by atoms with van der Waals surface area (Å²) in [6.07, 6.45) is 0. The van der Waals surface area contributed by atoms with Crippen LogP contribution in [0.3, 0.4) is 0 Å². The molecule has 0 saturated carbocycles. The molecule has 0 aliphatic rings. The highest BCUT2D eigenvalue weighted by Crippen LogP contribution is 2.38. The number of hydrogen-bond acceptors (Lipinski definition) is 5. The normalized spacial score (nSPS) is 10.9. The second-order valence-corrected chi connectivity index (χ2v) is 7.60. The Morgan fingerprint density at radius 1 is 1.03 bits per heavy atom. The van der Waals surface area contributed by atoms with Gasteiger partial charge in [0.1, 0.15) is 0 Å². The lowest BCUT2D eigenvalue weighted by molar-refractivity contribution is 0.0689. The van der Waals surface area contributed by atoms with Gasteiger partial charge in [0, 0.05) is 17.2 Å². The first kappa shape index (κ1) is 22.2. The van der Waals surface area contributed by atoms with Gasteiger partial charge in [-0.3, -0.25) is 9.59 Å². The van der Waals surface area contributed by atoms with Gasteiger partial charge in [0.05, 0.1) is 33.4 Å². The molecule has 1 heterocycles. The molecular formula is C24H28N2O5. The molecule has 0 fully saturated rings. The third kappa shape index (κ3) is 4.35. The van der Waals surface area contributed by atoms with E-state index in [9.17, 15) is 9.59 Å². The first-order valence-corrected chi connectivity index (χ1v) is 10.0. The minimum absolute atomic E-state index is 0.140. The number of ether oxygens (including phenoxy) is 3. The van der Waals surface area contributed by atoms with Crippen LogP contribution >= 0.6 is 0 Å². The summed E-state index contributed by atoms with van der Waals surface area (Å²) in [6.45, 7) is 5.95. The van der Waals surface area contributed by atoms with E-state index in [2.05, 4.69) is 4.98 Å². The predicted octanol–water partition coefficient (Wildman–Crippen LogP) is 3.91. The maximum absolute atomic E-state index is 13.4. The molecule has 3 rings (SSSR count). The Morgan fingerprint density at radius 3 is 2.23 bits per heavy atom. The van der Waals surface area contributed by atoms with Crippen LogP contribution in [0, 0.1) is 6.92 Å². The van der Waals surface area contributed by atoms with Gasteiger partial charge in [-0.15, -0.1) is 0 Å². The summed E-state index contributed by atoms with van der Waals surface area (Å²) in [5.41, 5.74) is 2.51. The number of para-hydroxylation sites is 1. The number of rotatable bonds is 7. The molecule has 1 N–H and O–H groups in total. The molecule has 3 aromatic rings. The minimum atomic E-state index is -0.238. The first-order valence-electron chi connectivity index (χ1n) is 10.0. The second-order valence-electron chi connectivity index (χ2n) is 7.60. The van der Waals surface area contributed by atoms with Crippen molar-refractivity contribution in [2.24, 2.45) is 0 Å². The van der Waals surface area contributed by atoms with Gasteiger partial charge in [-0.05, 0) is 49.9 Å². The van der Waals surface area contributed by atoms with Crippen molar-refractivity contribution in [3.8, 4) is 17.2 Å². The Morgan fingerprint density at radius 2 is 1.68 bits per heavy atom.